The van der Waals surface area contributed by atoms with Gasteiger partial charge in [0.15, 0.2) is 0 Å². The van der Waals surface area contributed by atoms with E-state index in [-0.39, 0.29) is 4.75 Å². The molecule has 0 aliphatic carbocycles. The molecule has 0 amide bonds. The number of hydrogen-bond donors (Lipinski definition) is 1. The summed E-state index contributed by atoms with van der Waals surface area (Å²) in [5.41, 5.74) is 5.82. The van der Waals surface area contributed by atoms with Crippen molar-refractivity contribution >= 4 is 11.8 Å². The van der Waals surface area contributed by atoms with E-state index in [1.807, 2.05) is 23.9 Å². The van der Waals surface area contributed by atoms with Crippen LogP contribution in [0.3, 0.4) is 0 Å². The fourth-order valence-electron chi connectivity index (χ4n) is 1.86. The molecule has 2 nitrogen and oxygen atoms in total. The summed E-state index contributed by atoms with van der Waals surface area (Å²) >= 11 is 2.00. The summed E-state index contributed by atoms with van der Waals surface area (Å²) in [5, 5.41) is 0. The van der Waals surface area contributed by atoms with Gasteiger partial charge in [-0.1, -0.05) is 0 Å². The molecule has 0 bridgehead atoms. The average molecular weight is 197 g/mol. The van der Waals surface area contributed by atoms with Crippen LogP contribution in [0.15, 0.2) is 22.8 Å². The highest BCUT2D eigenvalue weighted by molar-refractivity contribution is 8.00. The zero-order valence-electron chi connectivity index (χ0n) is 7.66. The van der Waals surface area contributed by atoms with Gasteiger partial charge in [-0.2, -0.15) is 11.8 Å². The predicted octanol–water partition coefficient (Wildman–Crippen LogP) is 2.05. The Morgan fingerprint density at radius 2 is 2.54 bits per heavy atom. The number of thioether (sulfide) groups is 1. The Labute approximate surface area is 82.9 Å². The number of rotatable bonds is 3. The minimum atomic E-state index is 0.262. The molecule has 0 spiro atoms. The van der Waals surface area contributed by atoms with Crippen LogP contribution in [0.25, 0.3) is 0 Å². The second kappa shape index (κ2) is 3.76. The molecule has 72 valence electrons. The van der Waals surface area contributed by atoms with E-state index in [9.17, 15) is 0 Å². The van der Waals surface area contributed by atoms with Crippen molar-refractivity contribution in [2.75, 3.05) is 12.3 Å². The molecule has 1 aromatic rings. The van der Waals surface area contributed by atoms with Crippen LogP contribution in [-0.4, -0.2) is 17.0 Å². The summed E-state index contributed by atoms with van der Waals surface area (Å²) in [7, 11) is 0. The maximum Gasteiger partial charge on any atom is 0.105 e. The fraction of sp³-hybridized carbons (Fsp3) is 0.600. The SMILES string of the molecule is NCC1(Cc2ccco2)CCCS1. The van der Waals surface area contributed by atoms with Gasteiger partial charge in [-0.3, -0.25) is 0 Å². The van der Waals surface area contributed by atoms with Gasteiger partial charge < -0.3 is 10.2 Å². The average Bonchev–Trinajstić information content (AvgIpc) is 2.77. The third kappa shape index (κ3) is 1.92. The Morgan fingerprint density at radius 3 is 3.08 bits per heavy atom. The van der Waals surface area contributed by atoms with E-state index < -0.39 is 0 Å². The summed E-state index contributed by atoms with van der Waals surface area (Å²) in [5.74, 6) is 2.32. The summed E-state index contributed by atoms with van der Waals surface area (Å²) in [4.78, 5) is 0. The lowest BCUT2D eigenvalue weighted by Gasteiger charge is -2.24. The topological polar surface area (TPSA) is 39.2 Å². The van der Waals surface area contributed by atoms with Crippen molar-refractivity contribution in [1.29, 1.82) is 0 Å². The van der Waals surface area contributed by atoms with Gasteiger partial charge in [0.2, 0.25) is 0 Å². The van der Waals surface area contributed by atoms with Crippen LogP contribution in [0.4, 0.5) is 0 Å². The number of furan rings is 1. The quantitative estimate of drug-likeness (QED) is 0.806. The van der Waals surface area contributed by atoms with Gasteiger partial charge in [0.25, 0.3) is 0 Å². The largest absolute Gasteiger partial charge is 0.469 e. The summed E-state index contributed by atoms with van der Waals surface area (Å²) in [6, 6.07) is 3.98. The Hall–Kier alpha value is -0.410. The van der Waals surface area contributed by atoms with E-state index >= 15 is 0 Å². The lowest BCUT2D eigenvalue weighted by atomic mass is 9.98. The molecule has 1 fully saturated rings. The molecular formula is C10H15NOS. The first-order valence-electron chi connectivity index (χ1n) is 4.71. The smallest absolute Gasteiger partial charge is 0.105 e. The van der Waals surface area contributed by atoms with Crippen LogP contribution in [-0.2, 0) is 6.42 Å². The Balaban J connectivity index is 2.06. The molecule has 1 unspecified atom stereocenters. The van der Waals surface area contributed by atoms with Crippen LogP contribution in [0.1, 0.15) is 18.6 Å². The van der Waals surface area contributed by atoms with Crippen LogP contribution >= 0.6 is 11.8 Å². The molecule has 1 saturated heterocycles. The highest BCUT2D eigenvalue weighted by Crippen LogP contribution is 2.39. The monoisotopic (exact) mass is 197 g/mol. The van der Waals surface area contributed by atoms with E-state index in [1.54, 1.807) is 6.26 Å². The second-order valence-corrected chi connectivity index (χ2v) is 5.16. The van der Waals surface area contributed by atoms with Gasteiger partial charge in [-0.25, -0.2) is 0 Å². The van der Waals surface area contributed by atoms with Gasteiger partial charge in [0.1, 0.15) is 5.76 Å². The van der Waals surface area contributed by atoms with Crippen molar-refractivity contribution in [2.24, 2.45) is 5.73 Å². The van der Waals surface area contributed by atoms with Crippen molar-refractivity contribution in [3.63, 3.8) is 0 Å². The van der Waals surface area contributed by atoms with E-state index in [0.29, 0.717) is 0 Å². The lowest BCUT2D eigenvalue weighted by Crippen LogP contribution is -2.33. The van der Waals surface area contributed by atoms with Crippen molar-refractivity contribution in [3.8, 4) is 0 Å². The van der Waals surface area contributed by atoms with Gasteiger partial charge >= 0.3 is 0 Å². The fourth-order valence-corrected chi connectivity index (χ4v) is 3.23. The van der Waals surface area contributed by atoms with E-state index in [0.717, 1.165) is 18.7 Å². The Morgan fingerprint density at radius 1 is 1.62 bits per heavy atom. The van der Waals surface area contributed by atoms with Gasteiger partial charge in [-0.15, -0.1) is 0 Å². The van der Waals surface area contributed by atoms with E-state index in [1.165, 1.54) is 18.6 Å². The Bertz CT molecular complexity index is 252. The van der Waals surface area contributed by atoms with Crippen LogP contribution in [0, 0.1) is 0 Å². The molecule has 2 heterocycles. The normalized spacial score (nSPS) is 28.1. The molecule has 0 saturated carbocycles. The molecular weight excluding hydrogens is 182 g/mol. The molecule has 1 aromatic heterocycles. The molecule has 2 N–H and O–H groups in total. The van der Waals surface area contributed by atoms with Crippen molar-refractivity contribution in [2.45, 2.75) is 24.0 Å². The zero-order valence-corrected chi connectivity index (χ0v) is 8.48. The lowest BCUT2D eigenvalue weighted by molar-refractivity contribution is 0.459. The molecule has 2 rings (SSSR count). The van der Waals surface area contributed by atoms with Crippen molar-refractivity contribution < 1.29 is 4.42 Å². The minimum absolute atomic E-state index is 0.262. The standard InChI is InChI=1S/C10H15NOS/c11-8-10(4-2-6-13-10)7-9-3-1-5-12-9/h1,3,5H,2,4,6-8,11H2. The highest BCUT2D eigenvalue weighted by atomic mass is 32.2. The third-order valence-corrected chi connectivity index (χ3v) is 4.25. The maximum atomic E-state index is 5.82. The summed E-state index contributed by atoms with van der Waals surface area (Å²) in [6.07, 6.45) is 5.25. The third-order valence-electron chi connectivity index (χ3n) is 2.63. The van der Waals surface area contributed by atoms with E-state index in [4.69, 9.17) is 10.2 Å². The minimum Gasteiger partial charge on any atom is -0.469 e. The molecule has 13 heavy (non-hydrogen) atoms. The molecule has 1 aliphatic rings. The van der Waals surface area contributed by atoms with Gasteiger partial charge in [-0.05, 0) is 30.7 Å². The zero-order chi connectivity index (χ0) is 9.15. The van der Waals surface area contributed by atoms with Crippen LogP contribution < -0.4 is 5.73 Å². The van der Waals surface area contributed by atoms with Gasteiger partial charge in [0.05, 0.1) is 6.26 Å². The van der Waals surface area contributed by atoms with Crippen LogP contribution in [0.2, 0.25) is 0 Å². The Kier molecular flexibility index (Phi) is 2.65. The van der Waals surface area contributed by atoms with Crippen molar-refractivity contribution in [3.05, 3.63) is 24.2 Å². The molecule has 0 aromatic carbocycles. The first-order chi connectivity index (χ1) is 6.35. The molecule has 1 atom stereocenters. The summed E-state index contributed by atoms with van der Waals surface area (Å²) in [6.45, 7) is 0.762. The predicted molar refractivity (Wildman–Crippen MR) is 55.9 cm³/mol. The molecule has 1 aliphatic heterocycles. The number of hydrogen-bond acceptors (Lipinski definition) is 3. The van der Waals surface area contributed by atoms with Crippen LogP contribution in [0.5, 0.6) is 0 Å². The summed E-state index contributed by atoms with van der Waals surface area (Å²) < 4.78 is 5.62. The maximum absolute atomic E-state index is 5.82. The number of nitrogens with two attached hydrogens (primary N) is 1. The van der Waals surface area contributed by atoms with Crippen molar-refractivity contribution in [1.82, 2.24) is 0 Å². The molecule has 3 heteroatoms. The first-order valence-corrected chi connectivity index (χ1v) is 5.70. The van der Waals surface area contributed by atoms with E-state index in [2.05, 4.69) is 0 Å². The highest BCUT2D eigenvalue weighted by Gasteiger charge is 2.34. The first kappa shape index (κ1) is 9.16. The van der Waals surface area contributed by atoms with Gasteiger partial charge in [0, 0.05) is 17.7 Å². The molecule has 0 radical (unpaired) electrons. The second-order valence-electron chi connectivity index (χ2n) is 3.60.